The fraction of sp³-hybridized carbons (Fsp3) is 0.600. The Morgan fingerprint density at radius 2 is 2.27 bits per heavy atom. The molecule has 0 aromatic rings. The van der Waals surface area contributed by atoms with Crippen LogP contribution in [-0.2, 0) is 9.59 Å². The SMILES string of the molecule is CC(=O)C[C@H](N=[N+]=[N-])C(=O)O. The molecule has 6 nitrogen and oxygen atoms in total. The van der Waals surface area contributed by atoms with E-state index in [0.29, 0.717) is 0 Å². The zero-order valence-corrected chi connectivity index (χ0v) is 5.89. The van der Waals surface area contributed by atoms with Crippen LogP contribution in [0.3, 0.4) is 0 Å². The number of carboxylic acids is 1. The normalized spacial score (nSPS) is 11.4. The summed E-state index contributed by atoms with van der Waals surface area (Å²) in [5.41, 5.74) is 7.88. The third kappa shape index (κ3) is 3.94. The lowest BCUT2D eigenvalue weighted by atomic mass is 10.2. The summed E-state index contributed by atoms with van der Waals surface area (Å²) in [5.74, 6) is -1.59. The zero-order valence-electron chi connectivity index (χ0n) is 5.89. The lowest BCUT2D eigenvalue weighted by molar-refractivity contribution is -0.140. The first-order valence-electron chi connectivity index (χ1n) is 2.84. The van der Waals surface area contributed by atoms with Gasteiger partial charge in [-0.25, -0.2) is 0 Å². The number of carboxylic acid groups (broad SMARTS) is 1. The summed E-state index contributed by atoms with van der Waals surface area (Å²) < 4.78 is 0. The first-order chi connectivity index (χ1) is 5.07. The van der Waals surface area contributed by atoms with Gasteiger partial charge < -0.3 is 9.90 Å². The van der Waals surface area contributed by atoms with E-state index < -0.39 is 12.0 Å². The highest BCUT2D eigenvalue weighted by atomic mass is 16.4. The summed E-state index contributed by atoms with van der Waals surface area (Å²) in [5, 5.41) is 11.3. The molecule has 0 aliphatic heterocycles. The summed E-state index contributed by atoms with van der Waals surface area (Å²) in [7, 11) is 0. The molecule has 0 radical (unpaired) electrons. The molecule has 0 unspecified atom stereocenters. The molecular weight excluding hydrogens is 150 g/mol. The van der Waals surface area contributed by atoms with Crippen molar-refractivity contribution in [3.05, 3.63) is 10.4 Å². The van der Waals surface area contributed by atoms with Gasteiger partial charge in [-0.2, -0.15) is 0 Å². The van der Waals surface area contributed by atoms with Gasteiger partial charge >= 0.3 is 5.97 Å². The molecule has 0 fully saturated rings. The van der Waals surface area contributed by atoms with Gasteiger partial charge in [-0.15, -0.1) is 0 Å². The van der Waals surface area contributed by atoms with Gasteiger partial charge in [0.15, 0.2) is 0 Å². The van der Waals surface area contributed by atoms with Crippen molar-refractivity contribution >= 4 is 11.8 Å². The summed E-state index contributed by atoms with van der Waals surface area (Å²) in [6.07, 6.45) is -0.251. The molecule has 60 valence electrons. The van der Waals surface area contributed by atoms with Crippen LogP contribution < -0.4 is 0 Å². The van der Waals surface area contributed by atoms with E-state index in [2.05, 4.69) is 10.0 Å². The predicted octanol–water partition coefficient (Wildman–Crippen LogP) is 0.729. The highest BCUT2D eigenvalue weighted by molar-refractivity contribution is 5.84. The van der Waals surface area contributed by atoms with Crippen molar-refractivity contribution < 1.29 is 14.7 Å². The molecule has 0 aliphatic carbocycles. The molecule has 6 heteroatoms. The second-order valence-corrected chi connectivity index (χ2v) is 1.97. The lowest BCUT2D eigenvalue weighted by Crippen LogP contribution is -2.19. The van der Waals surface area contributed by atoms with E-state index in [1.54, 1.807) is 0 Å². The Balaban J connectivity index is 4.22. The summed E-state index contributed by atoms with van der Waals surface area (Å²) in [6, 6.07) is -1.27. The smallest absolute Gasteiger partial charge is 0.312 e. The average Bonchev–Trinajstić information content (AvgIpc) is 1.86. The van der Waals surface area contributed by atoms with Gasteiger partial charge in [0.05, 0.1) is 0 Å². The van der Waals surface area contributed by atoms with Crippen LogP contribution in [0.5, 0.6) is 0 Å². The average molecular weight is 157 g/mol. The Labute approximate surface area is 62.5 Å². The van der Waals surface area contributed by atoms with Crippen molar-refractivity contribution in [2.75, 3.05) is 0 Å². The first kappa shape index (κ1) is 9.45. The number of Topliss-reactive ketones (excluding diaryl/α,β-unsaturated/α-hetero) is 1. The van der Waals surface area contributed by atoms with E-state index in [4.69, 9.17) is 10.6 Å². The number of aliphatic carboxylic acids is 1. The molecule has 0 rings (SSSR count). The molecule has 0 aromatic heterocycles. The van der Waals surface area contributed by atoms with Crippen LogP contribution in [-0.4, -0.2) is 22.9 Å². The van der Waals surface area contributed by atoms with Gasteiger partial charge in [-0.05, 0) is 12.5 Å². The zero-order chi connectivity index (χ0) is 8.85. The molecule has 0 aliphatic rings. The summed E-state index contributed by atoms with van der Waals surface area (Å²) in [6.45, 7) is 1.24. The van der Waals surface area contributed by atoms with Crippen LogP contribution in [0.4, 0.5) is 0 Å². The molecule has 1 atom stereocenters. The van der Waals surface area contributed by atoms with Gasteiger partial charge in [0.2, 0.25) is 0 Å². The number of hydrogen-bond acceptors (Lipinski definition) is 3. The molecule has 0 amide bonds. The molecule has 0 heterocycles. The van der Waals surface area contributed by atoms with Gasteiger partial charge in [-0.1, -0.05) is 5.11 Å². The van der Waals surface area contributed by atoms with Crippen LogP contribution in [0.1, 0.15) is 13.3 Å². The Morgan fingerprint density at radius 1 is 1.73 bits per heavy atom. The fourth-order valence-electron chi connectivity index (χ4n) is 0.512. The maximum absolute atomic E-state index is 10.4. The summed E-state index contributed by atoms with van der Waals surface area (Å²) in [4.78, 5) is 22.9. The van der Waals surface area contributed by atoms with Crippen molar-refractivity contribution in [1.29, 1.82) is 0 Å². The van der Waals surface area contributed by atoms with E-state index in [9.17, 15) is 9.59 Å². The van der Waals surface area contributed by atoms with Crippen LogP contribution in [0.25, 0.3) is 10.4 Å². The minimum Gasteiger partial charge on any atom is -0.481 e. The molecule has 1 N–H and O–H groups in total. The van der Waals surface area contributed by atoms with Gasteiger partial charge in [0, 0.05) is 11.3 Å². The Bertz CT molecular complexity index is 217. The number of carbonyl (C=O) groups is 2. The second-order valence-electron chi connectivity index (χ2n) is 1.97. The molecule has 0 bridgehead atoms. The van der Waals surface area contributed by atoms with Crippen LogP contribution in [0, 0.1) is 0 Å². The van der Waals surface area contributed by atoms with Crippen molar-refractivity contribution in [2.45, 2.75) is 19.4 Å². The second kappa shape index (κ2) is 4.29. The molecule has 0 saturated heterocycles. The maximum atomic E-state index is 10.4. The third-order valence-electron chi connectivity index (χ3n) is 0.957. The number of nitrogens with zero attached hydrogens (tertiary/aromatic N) is 3. The van der Waals surface area contributed by atoms with Gasteiger partial charge in [-0.3, -0.25) is 4.79 Å². The lowest BCUT2D eigenvalue weighted by Gasteiger charge is -1.99. The van der Waals surface area contributed by atoms with Crippen molar-refractivity contribution in [1.82, 2.24) is 0 Å². The number of azide groups is 1. The summed E-state index contributed by atoms with van der Waals surface area (Å²) >= 11 is 0. The fourth-order valence-corrected chi connectivity index (χ4v) is 0.512. The minimum atomic E-state index is -1.28. The van der Waals surface area contributed by atoms with Crippen LogP contribution in [0.15, 0.2) is 5.11 Å². The Kier molecular flexibility index (Phi) is 3.69. The van der Waals surface area contributed by atoms with Crippen molar-refractivity contribution in [3.63, 3.8) is 0 Å². The van der Waals surface area contributed by atoms with Gasteiger partial charge in [0.25, 0.3) is 0 Å². The van der Waals surface area contributed by atoms with E-state index in [0.717, 1.165) is 0 Å². The maximum Gasteiger partial charge on any atom is 0.312 e. The predicted molar refractivity (Wildman–Crippen MR) is 35.9 cm³/mol. The quantitative estimate of drug-likeness (QED) is 0.369. The Morgan fingerprint density at radius 3 is 2.55 bits per heavy atom. The number of hydrogen-bond donors (Lipinski definition) is 1. The molecule has 0 spiro atoms. The molecule has 0 aromatic carbocycles. The standard InChI is InChI=1S/C5H7N3O3/c1-3(9)2-4(5(10)11)7-8-6/h4H,2H2,1H3,(H,10,11)/t4-/m0/s1. The van der Waals surface area contributed by atoms with E-state index in [1.165, 1.54) is 6.92 Å². The molecule has 0 saturated carbocycles. The van der Waals surface area contributed by atoms with E-state index in [1.807, 2.05) is 0 Å². The monoisotopic (exact) mass is 157 g/mol. The van der Waals surface area contributed by atoms with Crippen molar-refractivity contribution in [2.24, 2.45) is 5.11 Å². The topological polar surface area (TPSA) is 103 Å². The van der Waals surface area contributed by atoms with Gasteiger partial charge in [0.1, 0.15) is 11.8 Å². The highest BCUT2D eigenvalue weighted by Crippen LogP contribution is 1.99. The molecule has 11 heavy (non-hydrogen) atoms. The minimum absolute atomic E-state index is 0.251. The largest absolute Gasteiger partial charge is 0.481 e. The first-order valence-corrected chi connectivity index (χ1v) is 2.84. The number of carbonyl (C=O) groups excluding carboxylic acids is 1. The Hall–Kier alpha value is -1.55. The van der Waals surface area contributed by atoms with E-state index in [-0.39, 0.29) is 12.2 Å². The van der Waals surface area contributed by atoms with Crippen molar-refractivity contribution in [3.8, 4) is 0 Å². The highest BCUT2D eigenvalue weighted by Gasteiger charge is 2.16. The third-order valence-corrected chi connectivity index (χ3v) is 0.957. The number of ketones is 1. The van der Waals surface area contributed by atoms with Crippen LogP contribution in [0.2, 0.25) is 0 Å². The number of rotatable bonds is 4. The molecular formula is C5H7N3O3. The van der Waals surface area contributed by atoms with Crippen LogP contribution >= 0.6 is 0 Å². The van der Waals surface area contributed by atoms with E-state index >= 15 is 0 Å².